The number of nitriles is 1. The van der Waals surface area contributed by atoms with Crippen LogP contribution in [-0.4, -0.2) is 25.6 Å². The summed E-state index contributed by atoms with van der Waals surface area (Å²) in [6.07, 6.45) is 2.40. The summed E-state index contributed by atoms with van der Waals surface area (Å²) in [6.45, 7) is 4.52. The highest BCUT2D eigenvalue weighted by Gasteiger charge is 2.25. The molecule has 1 N–H and O–H groups in total. The molecule has 0 aliphatic carbocycles. The van der Waals surface area contributed by atoms with Gasteiger partial charge in [0, 0.05) is 10.4 Å². The van der Waals surface area contributed by atoms with Crippen LogP contribution in [0.5, 0.6) is 5.75 Å². The molecule has 1 heterocycles. The fourth-order valence-electron chi connectivity index (χ4n) is 3.25. The second kappa shape index (κ2) is 11.1. The molecule has 0 atom stereocenters. The number of rotatable bonds is 8. The Bertz CT molecular complexity index is 1210. The number of thiophene rings is 1. The summed E-state index contributed by atoms with van der Waals surface area (Å²) < 4.78 is 10.5. The molecule has 7 heteroatoms. The average Bonchev–Trinajstić information content (AvgIpc) is 3.17. The molecule has 0 unspecified atom stereocenters. The fourth-order valence-corrected chi connectivity index (χ4v) is 4.31. The van der Waals surface area contributed by atoms with Crippen LogP contribution in [-0.2, 0) is 9.53 Å². The van der Waals surface area contributed by atoms with Gasteiger partial charge in [0.2, 0.25) is 0 Å². The van der Waals surface area contributed by atoms with Crippen LogP contribution in [0.2, 0.25) is 0 Å². The van der Waals surface area contributed by atoms with Crippen LogP contribution in [0.1, 0.15) is 34.1 Å². The number of esters is 1. The van der Waals surface area contributed by atoms with E-state index in [9.17, 15) is 14.9 Å². The van der Waals surface area contributed by atoms with E-state index in [4.69, 9.17) is 9.47 Å². The lowest BCUT2D eigenvalue weighted by Gasteiger charge is -2.08. The van der Waals surface area contributed by atoms with Gasteiger partial charge in [-0.25, -0.2) is 4.79 Å². The van der Waals surface area contributed by atoms with E-state index in [0.29, 0.717) is 22.7 Å². The van der Waals surface area contributed by atoms with Gasteiger partial charge in [-0.3, -0.25) is 4.79 Å². The predicted molar refractivity (Wildman–Crippen MR) is 130 cm³/mol. The SMILES string of the molecule is CCCOc1ccc(C=C(C#N)C(=O)Nc2sc(C)c(-c3ccccc3)c2C(=O)OC)cc1. The Balaban J connectivity index is 1.90. The van der Waals surface area contributed by atoms with Gasteiger partial charge < -0.3 is 14.8 Å². The number of hydrogen-bond acceptors (Lipinski definition) is 6. The lowest BCUT2D eigenvalue weighted by atomic mass is 10.0. The highest BCUT2D eigenvalue weighted by molar-refractivity contribution is 7.17. The number of benzene rings is 2. The molecule has 0 spiro atoms. The molecule has 33 heavy (non-hydrogen) atoms. The molecule has 0 saturated carbocycles. The predicted octanol–water partition coefficient (Wildman–Crippen LogP) is 5.84. The van der Waals surface area contributed by atoms with Crippen molar-refractivity contribution >= 4 is 34.3 Å². The van der Waals surface area contributed by atoms with Gasteiger partial charge in [0.25, 0.3) is 5.91 Å². The topological polar surface area (TPSA) is 88.4 Å². The van der Waals surface area contributed by atoms with Crippen molar-refractivity contribution in [2.45, 2.75) is 20.3 Å². The number of hydrogen-bond donors (Lipinski definition) is 1. The van der Waals surface area contributed by atoms with Crippen molar-refractivity contribution in [1.29, 1.82) is 5.26 Å². The minimum atomic E-state index is -0.602. The van der Waals surface area contributed by atoms with E-state index >= 15 is 0 Å². The minimum Gasteiger partial charge on any atom is -0.494 e. The molecule has 168 valence electrons. The Morgan fingerprint density at radius 3 is 2.42 bits per heavy atom. The number of nitrogens with zero attached hydrogens (tertiary/aromatic N) is 1. The van der Waals surface area contributed by atoms with Crippen molar-refractivity contribution < 1.29 is 19.1 Å². The third-order valence-electron chi connectivity index (χ3n) is 4.79. The van der Waals surface area contributed by atoms with Crippen molar-refractivity contribution in [3.63, 3.8) is 0 Å². The molecule has 6 nitrogen and oxygen atoms in total. The lowest BCUT2D eigenvalue weighted by Crippen LogP contribution is -2.15. The molecule has 0 radical (unpaired) electrons. The average molecular weight is 461 g/mol. The number of carbonyl (C=O) groups is 2. The molecular formula is C26H24N2O4S. The number of carbonyl (C=O) groups excluding carboxylic acids is 2. The van der Waals surface area contributed by atoms with E-state index in [2.05, 4.69) is 5.32 Å². The van der Waals surface area contributed by atoms with Crippen LogP contribution in [0.4, 0.5) is 5.00 Å². The molecule has 2 aromatic carbocycles. The number of amides is 1. The monoisotopic (exact) mass is 460 g/mol. The quantitative estimate of drug-likeness (QED) is 0.259. The van der Waals surface area contributed by atoms with Crippen molar-refractivity contribution in [3.8, 4) is 22.9 Å². The second-order valence-electron chi connectivity index (χ2n) is 7.14. The molecule has 0 fully saturated rings. The number of anilines is 1. The van der Waals surface area contributed by atoms with E-state index in [1.165, 1.54) is 24.5 Å². The van der Waals surface area contributed by atoms with Crippen molar-refractivity contribution in [1.82, 2.24) is 0 Å². The summed E-state index contributed by atoms with van der Waals surface area (Å²) in [5, 5.41) is 12.6. The molecule has 0 bridgehead atoms. The fraction of sp³-hybridized carbons (Fsp3) is 0.192. The highest BCUT2D eigenvalue weighted by Crippen LogP contribution is 2.40. The largest absolute Gasteiger partial charge is 0.494 e. The first kappa shape index (κ1) is 23.8. The Morgan fingerprint density at radius 2 is 1.82 bits per heavy atom. The lowest BCUT2D eigenvalue weighted by molar-refractivity contribution is -0.112. The third-order valence-corrected chi connectivity index (χ3v) is 5.81. The maximum atomic E-state index is 12.9. The minimum absolute atomic E-state index is 0.0830. The molecule has 1 aromatic heterocycles. The van der Waals surface area contributed by atoms with Gasteiger partial charge in [0.05, 0.1) is 13.7 Å². The summed E-state index contributed by atoms with van der Waals surface area (Å²) in [6, 6.07) is 18.5. The summed E-state index contributed by atoms with van der Waals surface area (Å²) >= 11 is 1.27. The van der Waals surface area contributed by atoms with Crippen molar-refractivity contribution in [2.24, 2.45) is 0 Å². The normalized spacial score (nSPS) is 10.9. The van der Waals surface area contributed by atoms with E-state index in [1.807, 2.05) is 50.2 Å². The maximum absolute atomic E-state index is 12.9. The number of ether oxygens (including phenoxy) is 2. The van der Waals surface area contributed by atoms with E-state index in [1.54, 1.807) is 24.3 Å². The van der Waals surface area contributed by atoms with E-state index in [0.717, 1.165) is 22.6 Å². The smallest absolute Gasteiger partial charge is 0.341 e. The zero-order chi connectivity index (χ0) is 23.8. The highest BCUT2D eigenvalue weighted by atomic mass is 32.1. The Hall–Kier alpha value is -3.89. The number of aryl methyl sites for hydroxylation is 1. The van der Waals surface area contributed by atoms with E-state index < -0.39 is 11.9 Å². The van der Waals surface area contributed by atoms with Gasteiger partial charge in [-0.15, -0.1) is 11.3 Å². The first-order valence-corrected chi connectivity index (χ1v) is 11.2. The zero-order valence-corrected chi connectivity index (χ0v) is 19.5. The van der Waals surface area contributed by atoms with Crippen molar-refractivity contribution in [2.75, 3.05) is 19.0 Å². The Kier molecular flexibility index (Phi) is 8.01. The van der Waals surface area contributed by atoms with Crippen LogP contribution >= 0.6 is 11.3 Å². The summed E-state index contributed by atoms with van der Waals surface area (Å²) in [5.74, 6) is -0.435. The molecule has 0 aliphatic heterocycles. The molecule has 3 aromatic rings. The molecule has 3 rings (SSSR count). The standard InChI is InChI=1S/C26H24N2O4S/c1-4-14-32-21-12-10-18(11-13-21)15-20(16-27)24(29)28-25-23(26(30)31-3)22(17(2)33-25)19-8-6-5-7-9-19/h5-13,15H,4,14H2,1-3H3,(H,28,29). The zero-order valence-electron chi connectivity index (χ0n) is 18.7. The molecule has 1 amide bonds. The Morgan fingerprint density at radius 1 is 1.12 bits per heavy atom. The van der Waals surface area contributed by atoms with Gasteiger partial charge in [-0.2, -0.15) is 5.26 Å². The van der Waals surface area contributed by atoms with Crippen LogP contribution in [0, 0.1) is 18.3 Å². The molecule has 0 saturated heterocycles. The first-order valence-electron chi connectivity index (χ1n) is 10.4. The van der Waals surface area contributed by atoms with Crippen molar-refractivity contribution in [3.05, 3.63) is 76.2 Å². The van der Waals surface area contributed by atoms with Crippen LogP contribution < -0.4 is 10.1 Å². The van der Waals surface area contributed by atoms with Crippen LogP contribution in [0.25, 0.3) is 17.2 Å². The summed E-state index contributed by atoms with van der Waals surface area (Å²) in [7, 11) is 1.30. The first-order chi connectivity index (χ1) is 16.0. The van der Waals surface area contributed by atoms with E-state index in [-0.39, 0.29) is 11.1 Å². The Labute approximate surface area is 197 Å². The summed E-state index contributed by atoms with van der Waals surface area (Å²) in [5.41, 5.74) is 2.42. The summed E-state index contributed by atoms with van der Waals surface area (Å²) in [4.78, 5) is 26.4. The van der Waals surface area contributed by atoms with Crippen LogP contribution in [0.15, 0.2) is 60.2 Å². The van der Waals surface area contributed by atoms with Gasteiger partial charge >= 0.3 is 5.97 Å². The van der Waals surface area contributed by atoms with Crippen LogP contribution in [0.3, 0.4) is 0 Å². The van der Waals surface area contributed by atoms with Gasteiger partial charge in [0.15, 0.2) is 0 Å². The molecule has 0 aliphatic rings. The molecular weight excluding hydrogens is 436 g/mol. The van der Waals surface area contributed by atoms with Gasteiger partial charge in [-0.05, 0) is 42.7 Å². The van der Waals surface area contributed by atoms with Gasteiger partial charge in [-0.1, -0.05) is 49.4 Å². The number of methoxy groups -OCH3 is 1. The third kappa shape index (κ3) is 5.68. The van der Waals surface area contributed by atoms with Gasteiger partial charge in [0.1, 0.15) is 28.0 Å². The maximum Gasteiger partial charge on any atom is 0.341 e. The second-order valence-corrected chi connectivity index (χ2v) is 8.36. The number of nitrogens with one attached hydrogen (secondary N) is 1.